The van der Waals surface area contributed by atoms with Crippen LogP contribution in [0.25, 0.3) is 0 Å². The number of carbonyl (C=O) groups is 1. The Kier molecular flexibility index (Phi) is 4.88. The van der Waals surface area contributed by atoms with Crippen LogP contribution in [0.4, 0.5) is 27.6 Å². The van der Waals surface area contributed by atoms with Crippen molar-refractivity contribution in [2.75, 3.05) is 11.9 Å². The van der Waals surface area contributed by atoms with Gasteiger partial charge in [0.15, 0.2) is 0 Å². The Morgan fingerprint density at radius 3 is 2.35 bits per heavy atom. The van der Waals surface area contributed by atoms with E-state index in [-0.39, 0.29) is 5.69 Å². The number of rotatable bonds is 5. The largest absolute Gasteiger partial charge is 0.478 e. The molecule has 0 spiro atoms. The SMILES string of the molecule is O=C(O)c1cc(C(F)(F)F)ccc1NCC(O)C(F)F. The van der Waals surface area contributed by atoms with Crippen LogP contribution in [0, 0.1) is 0 Å². The minimum atomic E-state index is -4.72. The van der Waals surface area contributed by atoms with Crippen molar-refractivity contribution in [3.8, 4) is 0 Å². The zero-order chi connectivity index (χ0) is 15.5. The van der Waals surface area contributed by atoms with Gasteiger partial charge in [-0.15, -0.1) is 0 Å². The minimum absolute atomic E-state index is 0.287. The smallest absolute Gasteiger partial charge is 0.416 e. The summed E-state index contributed by atoms with van der Waals surface area (Å²) in [6, 6.07) is 1.81. The van der Waals surface area contributed by atoms with Crippen molar-refractivity contribution in [2.45, 2.75) is 18.7 Å². The molecule has 0 saturated carbocycles. The standard InChI is InChI=1S/C11H10F5NO3/c12-9(13)8(18)4-17-7-2-1-5(11(14,15)16)3-6(7)10(19)20/h1-3,8-9,17-18H,4H2,(H,19,20). The number of carboxylic acid groups (broad SMARTS) is 1. The number of anilines is 1. The van der Waals surface area contributed by atoms with Crippen LogP contribution in [0.3, 0.4) is 0 Å². The first-order valence-electron chi connectivity index (χ1n) is 5.27. The van der Waals surface area contributed by atoms with Gasteiger partial charge in [0.05, 0.1) is 11.1 Å². The molecule has 0 saturated heterocycles. The predicted molar refractivity (Wildman–Crippen MR) is 58.9 cm³/mol. The lowest BCUT2D eigenvalue weighted by atomic mass is 10.1. The highest BCUT2D eigenvalue weighted by molar-refractivity contribution is 5.94. The van der Waals surface area contributed by atoms with Gasteiger partial charge in [0.25, 0.3) is 6.43 Å². The number of benzene rings is 1. The van der Waals surface area contributed by atoms with E-state index in [1.807, 2.05) is 0 Å². The molecule has 0 heterocycles. The van der Waals surface area contributed by atoms with Gasteiger partial charge in [-0.05, 0) is 18.2 Å². The van der Waals surface area contributed by atoms with Crippen molar-refractivity contribution in [1.29, 1.82) is 0 Å². The molecule has 4 nitrogen and oxygen atoms in total. The number of nitrogens with one attached hydrogen (secondary N) is 1. The van der Waals surface area contributed by atoms with E-state index in [0.717, 1.165) is 6.07 Å². The van der Waals surface area contributed by atoms with Crippen molar-refractivity contribution in [3.63, 3.8) is 0 Å². The number of aromatic carboxylic acids is 1. The van der Waals surface area contributed by atoms with Crippen LogP contribution in [0.5, 0.6) is 0 Å². The van der Waals surface area contributed by atoms with Gasteiger partial charge in [0, 0.05) is 12.2 Å². The highest BCUT2D eigenvalue weighted by Crippen LogP contribution is 2.31. The molecule has 0 aliphatic carbocycles. The highest BCUT2D eigenvalue weighted by atomic mass is 19.4. The van der Waals surface area contributed by atoms with Crippen LogP contribution in [-0.2, 0) is 6.18 Å². The van der Waals surface area contributed by atoms with Gasteiger partial charge in [-0.1, -0.05) is 0 Å². The van der Waals surface area contributed by atoms with Crippen LogP contribution >= 0.6 is 0 Å². The topological polar surface area (TPSA) is 69.6 Å². The van der Waals surface area contributed by atoms with E-state index in [1.54, 1.807) is 0 Å². The summed E-state index contributed by atoms with van der Waals surface area (Å²) in [4.78, 5) is 10.9. The molecule has 0 aliphatic heterocycles. The van der Waals surface area contributed by atoms with Crippen LogP contribution in [0.2, 0.25) is 0 Å². The molecular weight excluding hydrogens is 289 g/mol. The van der Waals surface area contributed by atoms with E-state index in [1.165, 1.54) is 0 Å². The first kappa shape index (κ1) is 16.2. The third kappa shape index (κ3) is 4.05. The summed E-state index contributed by atoms with van der Waals surface area (Å²) >= 11 is 0. The number of alkyl halides is 5. The van der Waals surface area contributed by atoms with Crippen LogP contribution in [-0.4, -0.2) is 35.3 Å². The second kappa shape index (κ2) is 6.04. The molecule has 0 fully saturated rings. The summed E-state index contributed by atoms with van der Waals surface area (Å²) < 4.78 is 61.4. The maximum atomic E-state index is 12.4. The Morgan fingerprint density at radius 1 is 1.30 bits per heavy atom. The number of aliphatic hydroxyl groups is 1. The third-order valence-corrected chi connectivity index (χ3v) is 2.37. The van der Waals surface area contributed by atoms with Crippen molar-refractivity contribution in [2.24, 2.45) is 0 Å². The van der Waals surface area contributed by atoms with E-state index >= 15 is 0 Å². The van der Waals surface area contributed by atoms with E-state index in [0.29, 0.717) is 12.1 Å². The summed E-state index contributed by atoms with van der Waals surface area (Å²) in [5.74, 6) is -1.65. The summed E-state index contributed by atoms with van der Waals surface area (Å²) in [6.07, 6.45) is -9.82. The molecule has 1 aromatic rings. The average molecular weight is 299 g/mol. The molecule has 9 heteroatoms. The normalized spacial score (nSPS) is 13.3. The fraction of sp³-hybridized carbons (Fsp3) is 0.364. The zero-order valence-corrected chi connectivity index (χ0v) is 9.79. The number of hydrogen-bond acceptors (Lipinski definition) is 3. The number of carboxylic acids is 1. The molecule has 20 heavy (non-hydrogen) atoms. The Labute approximate surface area is 109 Å². The Balaban J connectivity index is 3.00. The molecule has 112 valence electrons. The van der Waals surface area contributed by atoms with E-state index in [9.17, 15) is 26.7 Å². The maximum Gasteiger partial charge on any atom is 0.416 e. The number of hydrogen-bond donors (Lipinski definition) is 3. The zero-order valence-electron chi connectivity index (χ0n) is 9.79. The molecule has 0 bridgehead atoms. The van der Waals surface area contributed by atoms with Crippen molar-refractivity contribution < 1.29 is 37.0 Å². The summed E-state index contributed by atoms with van der Waals surface area (Å²) in [5, 5.41) is 19.8. The average Bonchev–Trinajstić information content (AvgIpc) is 2.34. The maximum absolute atomic E-state index is 12.4. The minimum Gasteiger partial charge on any atom is -0.478 e. The summed E-state index contributed by atoms with van der Waals surface area (Å²) in [5.41, 5.74) is -2.18. The van der Waals surface area contributed by atoms with E-state index in [4.69, 9.17) is 10.2 Å². The molecule has 0 aliphatic rings. The van der Waals surface area contributed by atoms with Crippen LogP contribution < -0.4 is 5.32 Å². The van der Waals surface area contributed by atoms with Gasteiger partial charge < -0.3 is 15.5 Å². The molecule has 3 N–H and O–H groups in total. The van der Waals surface area contributed by atoms with Gasteiger partial charge in [-0.2, -0.15) is 13.2 Å². The quantitative estimate of drug-likeness (QED) is 0.730. The fourth-order valence-corrected chi connectivity index (χ4v) is 1.36. The van der Waals surface area contributed by atoms with Crippen molar-refractivity contribution in [3.05, 3.63) is 29.3 Å². The molecular formula is C11H10F5NO3. The molecule has 1 aromatic carbocycles. The van der Waals surface area contributed by atoms with Gasteiger partial charge >= 0.3 is 12.1 Å². The number of halogens is 5. The lowest BCUT2D eigenvalue weighted by Crippen LogP contribution is -2.27. The molecule has 1 rings (SSSR count). The predicted octanol–water partition coefficient (Wildman–Crippen LogP) is 2.44. The highest BCUT2D eigenvalue weighted by Gasteiger charge is 2.32. The third-order valence-electron chi connectivity index (χ3n) is 2.37. The van der Waals surface area contributed by atoms with Gasteiger partial charge in [0.1, 0.15) is 6.10 Å². The van der Waals surface area contributed by atoms with Crippen LogP contribution in [0.15, 0.2) is 18.2 Å². The van der Waals surface area contributed by atoms with Crippen molar-refractivity contribution >= 4 is 11.7 Å². The van der Waals surface area contributed by atoms with E-state index in [2.05, 4.69) is 5.32 Å². The second-order valence-electron chi connectivity index (χ2n) is 3.85. The fourth-order valence-electron chi connectivity index (χ4n) is 1.36. The summed E-state index contributed by atoms with van der Waals surface area (Å²) in [6.45, 7) is -0.691. The Hall–Kier alpha value is -1.90. The second-order valence-corrected chi connectivity index (χ2v) is 3.85. The van der Waals surface area contributed by atoms with Crippen molar-refractivity contribution in [1.82, 2.24) is 0 Å². The Bertz CT molecular complexity index is 489. The van der Waals surface area contributed by atoms with Gasteiger partial charge in [-0.3, -0.25) is 0 Å². The summed E-state index contributed by atoms with van der Waals surface area (Å²) in [7, 11) is 0. The molecule has 1 unspecified atom stereocenters. The molecule has 0 radical (unpaired) electrons. The first-order chi connectivity index (χ1) is 9.12. The van der Waals surface area contributed by atoms with Gasteiger partial charge in [-0.25, -0.2) is 13.6 Å². The lowest BCUT2D eigenvalue weighted by molar-refractivity contribution is -0.137. The Morgan fingerprint density at radius 2 is 1.90 bits per heavy atom. The van der Waals surface area contributed by atoms with E-state index < -0.39 is 42.3 Å². The molecule has 1 atom stereocenters. The molecule has 0 amide bonds. The monoisotopic (exact) mass is 299 g/mol. The molecule has 0 aromatic heterocycles. The lowest BCUT2D eigenvalue weighted by Gasteiger charge is -2.15. The first-order valence-corrected chi connectivity index (χ1v) is 5.27. The van der Waals surface area contributed by atoms with Crippen LogP contribution in [0.1, 0.15) is 15.9 Å². The number of aliphatic hydroxyl groups excluding tert-OH is 1. The van der Waals surface area contributed by atoms with Gasteiger partial charge in [0.2, 0.25) is 0 Å².